The van der Waals surface area contributed by atoms with Crippen molar-refractivity contribution in [1.29, 1.82) is 0 Å². The van der Waals surface area contributed by atoms with Crippen LogP contribution in [0, 0.1) is 5.92 Å². The number of pyridine rings is 2. The number of carbonyl (C=O) groups excluding carboxylic acids is 1. The maximum atomic E-state index is 11.3. The van der Waals surface area contributed by atoms with Crippen LogP contribution in [0.1, 0.15) is 29.4 Å². The van der Waals surface area contributed by atoms with Crippen LogP contribution in [0.4, 0.5) is 0 Å². The number of H-pyrrole nitrogens is 1. The summed E-state index contributed by atoms with van der Waals surface area (Å²) in [6.45, 7) is 4.35. The van der Waals surface area contributed by atoms with Crippen molar-refractivity contribution in [3.8, 4) is 5.88 Å². The lowest BCUT2D eigenvalue weighted by atomic mass is 10.1. The molecule has 3 aromatic rings. The Morgan fingerprint density at radius 1 is 1.20 bits per heavy atom. The van der Waals surface area contributed by atoms with Crippen LogP contribution in [0.2, 0.25) is 0 Å². The zero-order valence-corrected chi connectivity index (χ0v) is 17.7. The van der Waals surface area contributed by atoms with Crippen molar-refractivity contribution in [1.82, 2.24) is 15.3 Å². The SMILES string of the molecule is CCC(COC)COc1cc(CNC)ccn1.O=Cc1cc2ccccc2c(=O)[nH]1. The lowest BCUT2D eigenvalue weighted by Gasteiger charge is -2.14. The molecule has 2 aromatic heterocycles. The van der Waals surface area contributed by atoms with E-state index in [0.29, 0.717) is 35.8 Å². The Labute approximate surface area is 176 Å². The highest BCUT2D eigenvalue weighted by Crippen LogP contribution is 2.12. The number of fused-ring (bicyclic) bond motifs is 1. The summed E-state index contributed by atoms with van der Waals surface area (Å²) >= 11 is 0. The number of rotatable bonds is 9. The van der Waals surface area contributed by atoms with Crippen molar-refractivity contribution in [2.24, 2.45) is 5.92 Å². The molecule has 7 nitrogen and oxygen atoms in total. The predicted octanol–water partition coefficient (Wildman–Crippen LogP) is 3.19. The number of ether oxygens (including phenoxy) is 2. The van der Waals surface area contributed by atoms with Gasteiger partial charge in [0.15, 0.2) is 6.29 Å². The molecule has 0 radical (unpaired) electrons. The summed E-state index contributed by atoms with van der Waals surface area (Å²) in [5, 5.41) is 4.49. The average Bonchev–Trinajstić information content (AvgIpc) is 2.77. The molecule has 3 rings (SSSR count). The number of aromatic amines is 1. The highest BCUT2D eigenvalue weighted by molar-refractivity contribution is 5.86. The van der Waals surface area contributed by atoms with E-state index in [0.717, 1.165) is 25.0 Å². The molecule has 2 heterocycles. The monoisotopic (exact) mass is 411 g/mol. The van der Waals surface area contributed by atoms with Crippen LogP contribution in [0.5, 0.6) is 5.88 Å². The first-order valence-corrected chi connectivity index (χ1v) is 9.89. The number of nitrogens with zero attached hydrogens (tertiary/aromatic N) is 1. The van der Waals surface area contributed by atoms with Gasteiger partial charge in [-0.3, -0.25) is 9.59 Å². The van der Waals surface area contributed by atoms with Crippen molar-refractivity contribution in [3.05, 3.63) is 70.3 Å². The summed E-state index contributed by atoms with van der Waals surface area (Å²) in [4.78, 5) is 28.4. The summed E-state index contributed by atoms with van der Waals surface area (Å²) in [7, 11) is 3.64. The quantitative estimate of drug-likeness (QED) is 0.525. The lowest BCUT2D eigenvalue weighted by molar-refractivity contribution is 0.111. The van der Waals surface area contributed by atoms with Crippen LogP contribution in [0.3, 0.4) is 0 Å². The third-order valence-corrected chi connectivity index (χ3v) is 4.53. The van der Waals surface area contributed by atoms with Gasteiger partial charge >= 0.3 is 0 Å². The molecule has 0 aliphatic rings. The Balaban J connectivity index is 0.000000220. The number of aromatic nitrogens is 2. The average molecular weight is 412 g/mol. The highest BCUT2D eigenvalue weighted by atomic mass is 16.5. The molecule has 0 bridgehead atoms. The molecule has 0 aliphatic carbocycles. The second-order valence-electron chi connectivity index (χ2n) is 6.83. The normalized spacial score (nSPS) is 11.4. The van der Waals surface area contributed by atoms with Crippen LogP contribution in [-0.4, -0.2) is 43.6 Å². The van der Waals surface area contributed by atoms with Crippen LogP contribution in [-0.2, 0) is 11.3 Å². The zero-order valence-electron chi connectivity index (χ0n) is 17.7. The molecule has 7 heteroatoms. The second kappa shape index (κ2) is 12.5. The van der Waals surface area contributed by atoms with Crippen molar-refractivity contribution in [2.45, 2.75) is 19.9 Å². The minimum absolute atomic E-state index is 0.222. The van der Waals surface area contributed by atoms with E-state index in [9.17, 15) is 9.59 Å². The van der Waals surface area contributed by atoms with E-state index in [1.165, 1.54) is 5.56 Å². The molecule has 0 spiro atoms. The molecule has 1 atom stereocenters. The molecular weight excluding hydrogens is 382 g/mol. The van der Waals surface area contributed by atoms with Crippen LogP contribution in [0.25, 0.3) is 10.8 Å². The van der Waals surface area contributed by atoms with Crippen molar-refractivity contribution < 1.29 is 14.3 Å². The molecule has 2 N–H and O–H groups in total. The van der Waals surface area contributed by atoms with E-state index in [-0.39, 0.29) is 5.56 Å². The van der Waals surface area contributed by atoms with Crippen LogP contribution in [0.15, 0.2) is 53.5 Å². The molecule has 1 aromatic carbocycles. The lowest BCUT2D eigenvalue weighted by Crippen LogP contribution is -2.17. The highest BCUT2D eigenvalue weighted by Gasteiger charge is 2.07. The van der Waals surface area contributed by atoms with E-state index in [2.05, 4.69) is 22.2 Å². The Hall–Kier alpha value is -3.03. The first-order valence-electron chi connectivity index (χ1n) is 9.89. The van der Waals surface area contributed by atoms with Gasteiger partial charge in [0.1, 0.15) is 0 Å². The number of nitrogens with one attached hydrogen (secondary N) is 2. The molecule has 0 fully saturated rings. The third kappa shape index (κ3) is 7.09. The summed E-state index contributed by atoms with van der Waals surface area (Å²) in [6, 6.07) is 12.8. The minimum Gasteiger partial charge on any atom is -0.477 e. The van der Waals surface area contributed by atoms with Crippen molar-refractivity contribution in [3.63, 3.8) is 0 Å². The molecule has 30 heavy (non-hydrogen) atoms. The topological polar surface area (TPSA) is 93.3 Å². The van der Waals surface area contributed by atoms with Gasteiger partial charge in [-0.2, -0.15) is 0 Å². The summed E-state index contributed by atoms with van der Waals surface area (Å²) < 4.78 is 10.8. The van der Waals surface area contributed by atoms with E-state index < -0.39 is 0 Å². The largest absolute Gasteiger partial charge is 0.477 e. The third-order valence-electron chi connectivity index (χ3n) is 4.53. The van der Waals surface area contributed by atoms with E-state index in [4.69, 9.17) is 9.47 Å². The Bertz CT molecular complexity index is 987. The molecule has 0 amide bonds. The fourth-order valence-corrected chi connectivity index (χ4v) is 2.86. The maximum Gasteiger partial charge on any atom is 0.256 e. The predicted molar refractivity (Wildman–Crippen MR) is 118 cm³/mol. The fourth-order valence-electron chi connectivity index (χ4n) is 2.86. The van der Waals surface area contributed by atoms with E-state index >= 15 is 0 Å². The van der Waals surface area contributed by atoms with Gasteiger partial charge in [0.25, 0.3) is 5.56 Å². The number of carbonyl (C=O) groups is 1. The fraction of sp³-hybridized carbons (Fsp3) is 0.348. The van der Waals surface area contributed by atoms with Gasteiger partial charge in [-0.05, 0) is 42.6 Å². The molecule has 160 valence electrons. The van der Waals surface area contributed by atoms with E-state index in [1.807, 2.05) is 25.2 Å². The summed E-state index contributed by atoms with van der Waals surface area (Å²) in [5.41, 5.74) is 1.26. The first-order chi connectivity index (χ1) is 14.6. The van der Waals surface area contributed by atoms with Crippen molar-refractivity contribution in [2.75, 3.05) is 27.4 Å². The number of aldehydes is 1. The van der Waals surface area contributed by atoms with Gasteiger partial charge in [-0.25, -0.2) is 4.98 Å². The zero-order chi connectivity index (χ0) is 21.8. The van der Waals surface area contributed by atoms with Crippen LogP contribution >= 0.6 is 0 Å². The van der Waals surface area contributed by atoms with Crippen molar-refractivity contribution >= 4 is 17.1 Å². The maximum absolute atomic E-state index is 11.3. The standard InChI is InChI=1S/C13H22N2O2.C10H7NO2/c1-4-11(9-16-3)10-17-13-7-12(8-14-2)5-6-15-13;12-6-8-5-7-3-1-2-4-9(7)10(13)11-8/h5-7,11,14H,4,8-10H2,1-3H3;1-6H,(H,11,13). The Morgan fingerprint density at radius 3 is 2.70 bits per heavy atom. The molecular formula is C23H29N3O4. The van der Waals surface area contributed by atoms with E-state index in [1.54, 1.807) is 37.6 Å². The molecule has 1 unspecified atom stereocenters. The summed E-state index contributed by atoms with van der Waals surface area (Å²) in [6.07, 6.45) is 3.46. The minimum atomic E-state index is -0.222. The Morgan fingerprint density at radius 2 is 2.00 bits per heavy atom. The second-order valence-corrected chi connectivity index (χ2v) is 6.83. The molecule has 0 saturated heterocycles. The van der Waals surface area contributed by atoms with Gasteiger partial charge in [0.05, 0.1) is 18.9 Å². The van der Waals surface area contributed by atoms with Gasteiger partial charge in [-0.1, -0.05) is 25.1 Å². The Kier molecular flexibility index (Phi) is 9.70. The summed E-state index contributed by atoms with van der Waals surface area (Å²) in [5.74, 6) is 1.11. The van der Waals surface area contributed by atoms with Gasteiger partial charge in [0, 0.05) is 37.2 Å². The van der Waals surface area contributed by atoms with Gasteiger partial charge < -0.3 is 19.8 Å². The number of hydrogen-bond acceptors (Lipinski definition) is 6. The molecule has 0 aliphatic heterocycles. The smallest absolute Gasteiger partial charge is 0.256 e. The first kappa shape index (κ1) is 23.3. The number of methoxy groups -OCH3 is 1. The number of hydrogen-bond donors (Lipinski definition) is 2. The molecule has 0 saturated carbocycles. The van der Waals surface area contributed by atoms with Gasteiger partial charge in [-0.15, -0.1) is 0 Å². The van der Waals surface area contributed by atoms with Gasteiger partial charge in [0.2, 0.25) is 5.88 Å². The van der Waals surface area contributed by atoms with Crippen LogP contribution < -0.4 is 15.6 Å². The number of benzene rings is 1.